The molecule has 2 aromatic carbocycles. The average Bonchev–Trinajstić information content (AvgIpc) is 3.35. The van der Waals surface area contributed by atoms with Crippen molar-refractivity contribution in [3.8, 4) is 24.2 Å². The van der Waals surface area contributed by atoms with Gasteiger partial charge in [-0.3, -0.25) is 10.3 Å². The minimum absolute atomic E-state index is 0.122. The summed E-state index contributed by atoms with van der Waals surface area (Å²) in [6.07, 6.45) is 14.5. The number of benzene rings is 2. The number of hydrogen-bond acceptors (Lipinski definition) is 5. The van der Waals surface area contributed by atoms with Crippen LogP contribution in [0.4, 0.5) is 0 Å². The van der Waals surface area contributed by atoms with Crippen molar-refractivity contribution in [3.05, 3.63) is 71.4 Å². The standard InChI is InChI=1S/C29H28N6/c1-2-23-10-11-26(34-23)28-32-17-24(35-28)9-5-19-4-6-21-15-22(8-7-20(21)14-19)25(30)18-31-27-16-29(27)12-3-13-33-29/h1,4,6-8,14-15,17-18,23,26,33-34H,3,10-13,16,30H2,(H,32,35)/b25-18-,31-27?/t23-,26+,29?/m1/s1. The summed E-state index contributed by atoms with van der Waals surface area (Å²) in [5, 5.41) is 9.21. The first kappa shape index (κ1) is 21.7. The maximum Gasteiger partial charge on any atom is 0.124 e. The van der Waals surface area contributed by atoms with Crippen LogP contribution < -0.4 is 16.4 Å². The maximum absolute atomic E-state index is 6.34. The molecule has 1 spiro atoms. The highest BCUT2D eigenvalue weighted by molar-refractivity contribution is 6.10. The Morgan fingerprint density at radius 2 is 2.06 bits per heavy atom. The molecule has 174 valence electrons. The molecule has 1 aliphatic carbocycles. The molecule has 1 aromatic heterocycles. The molecule has 6 heteroatoms. The second kappa shape index (κ2) is 8.74. The molecule has 5 N–H and O–H groups in total. The van der Waals surface area contributed by atoms with E-state index >= 15 is 0 Å². The van der Waals surface area contributed by atoms with Gasteiger partial charge < -0.3 is 16.0 Å². The number of nitrogens with one attached hydrogen (secondary N) is 3. The highest BCUT2D eigenvalue weighted by atomic mass is 15.1. The van der Waals surface area contributed by atoms with Crippen LogP contribution in [-0.4, -0.2) is 33.8 Å². The smallest absolute Gasteiger partial charge is 0.124 e. The zero-order valence-corrected chi connectivity index (χ0v) is 19.6. The normalized spacial score (nSPS) is 26.7. The molecule has 35 heavy (non-hydrogen) atoms. The van der Waals surface area contributed by atoms with Gasteiger partial charge in [0.2, 0.25) is 0 Å². The molecule has 2 aliphatic heterocycles. The van der Waals surface area contributed by atoms with Gasteiger partial charge in [0, 0.05) is 17.7 Å². The van der Waals surface area contributed by atoms with Crippen LogP contribution in [-0.2, 0) is 0 Å². The van der Waals surface area contributed by atoms with Gasteiger partial charge in [-0.05, 0) is 72.7 Å². The Hall–Kier alpha value is -3.84. The summed E-state index contributed by atoms with van der Waals surface area (Å²) in [4.78, 5) is 12.5. The monoisotopic (exact) mass is 460 g/mol. The van der Waals surface area contributed by atoms with Crippen molar-refractivity contribution in [1.82, 2.24) is 20.6 Å². The Bertz CT molecular complexity index is 1450. The van der Waals surface area contributed by atoms with Crippen LogP contribution in [0, 0.1) is 24.2 Å². The molecule has 2 saturated heterocycles. The number of fused-ring (bicyclic) bond motifs is 1. The Kier molecular flexibility index (Phi) is 5.41. The van der Waals surface area contributed by atoms with Crippen molar-refractivity contribution in [2.45, 2.75) is 49.7 Å². The summed E-state index contributed by atoms with van der Waals surface area (Å²) in [5.41, 5.74) is 11.2. The van der Waals surface area contributed by atoms with Gasteiger partial charge in [0.05, 0.1) is 35.7 Å². The van der Waals surface area contributed by atoms with Gasteiger partial charge in [0.25, 0.3) is 0 Å². The fourth-order valence-corrected chi connectivity index (χ4v) is 5.15. The lowest BCUT2D eigenvalue weighted by Gasteiger charge is -2.07. The number of hydrogen-bond donors (Lipinski definition) is 4. The lowest BCUT2D eigenvalue weighted by Crippen LogP contribution is -2.25. The molecular formula is C29H28N6. The molecule has 3 atom stereocenters. The lowest BCUT2D eigenvalue weighted by molar-refractivity contribution is 0.591. The Morgan fingerprint density at radius 3 is 2.89 bits per heavy atom. The first-order chi connectivity index (χ1) is 17.1. The third kappa shape index (κ3) is 4.35. The van der Waals surface area contributed by atoms with Gasteiger partial charge in [-0.25, -0.2) is 4.98 Å². The molecule has 6 nitrogen and oxygen atoms in total. The van der Waals surface area contributed by atoms with E-state index in [4.69, 9.17) is 12.2 Å². The molecule has 1 saturated carbocycles. The van der Waals surface area contributed by atoms with Crippen molar-refractivity contribution in [2.75, 3.05) is 6.54 Å². The molecule has 1 unspecified atom stereocenters. The third-order valence-electron chi connectivity index (χ3n) is 7.29. The predicted octanol–water partition coefficient (Wildman–Crippen LogP) is 3.61. The largest absolute Gasteiger partial charge is 0.397 e. The van der Waals surface area contributed by atoms with Crippen molar-refractivity contribution in [2.24, 2.45) is 10.7 Å². The van der Waals surface area contributed by atoms with E-state index < -0.39 is 0 Å². The Morgan fingerprint density at radius 1 is 1.17 bits per heavy atom. The fraction of sp³-hybridized carbons (Fsp3) is 0.310. The highest BCUT2D eigenvalue weighted by Crippen LogP contribution is 2.40. The third-order valence-corrected chi connectivity index (χ3v) is 7.29. The first-order valence-corrected chi connectivity index (χ1v) is 12.2. The number of aromatic amines is 1. The molecule has 0 radical (unpaired) electrons. The number of nitrogens with zero attached hydrogens (tertiary/aromatic N) is 2. The van der Waals surface area contributed by atoms with E-state index in [2.05, 4.69) is 67.6 Å². The predicted molar refractivity (Wildman–Crippen MR) is 140 cm³/mol. The molecule has 0 amide bonds. The molecule has 3 aliphatic rings. The summed E-state index contributed by atoms with van der Waals surface area (Å²) < 4.78 is 0. The van der Waals surface area contributed by atoms with Crippen molar-refractivity contribution in [3.63, 3.8) is 0 Å². The van der Waals surface area contributed by atoms with E-state index in [-0.39, 0.29) is 17.6 Å². The number of nitrogens with two attached hydrogens (primary N) is 1. The number of imidazole rings is 1. The van der Waals surface area contributed by atoms with E-state index in [1.165, 1.54) is 18.6 Å². The summed E-state index contributed by atoms with van der Waals surface area (Å²) in [7, 11) is 0. The summed E-state index contributed by atoms with van der Waals surface area (Å²) in [6, 6.07) is 12.7. The zero-order valence-electron chi connectivity index (χ0n) is 19.6. The lowest BCUT2D eigenvalue weighted by atomic mass is 10.0. The van der Waals surface area contributed by atoms with Crippen LogP contribution in [0.3, 0.4) is 0 Å². The number of rotatable bonds is 3. The number of terminal acetylenes is 1. The zero-order chi connectivity index (χ0) is 23.8. The quantitative estimate of drug-likeness (QED) is 0.450. The molecule has 3 heterocycles. The van der Waals surface area contributed by atoms with Crippen LogP contribution in [0.1, 0.15) is 60.8 Å². The van der Waals surface area contributed by atoms with Crippen LogP contribution in [0.2, 0.25) is 0 Å². The van der Waals surface area contributed by atoms with E-state index in [1.807, 2.05) is 12.1 Å². The van der Waals surface area contributed by atoms with E-state index in [1.54, 1.807) is 12.4 Å². The Labute approximate surface area is 205 Å². The number of aromatic nitrogens is 2. The van der Waals surface area contributed by atoms with Gasteiger partial charge in [0.15, 0.2) is 0 Å². The van der Waals surface area contributed by atoms with E-state index in [9.17, 15) is 0 Å². The maximum atomic E-state index is 6.34. The molecule has 6 rings (SSSR count). The van der Waals surface area contributed by atoms with Gasteiger partial charge in [-0.2, -0.15) is 0 Å². The molecular weight excluding hydrogens is 432 g/mol. The molecule has 3 fully saturated rings. The van der Waals surface area contributed by atoms with Gasteiger partial charge >= 0.3 is 0 Å². The van der Waals surface area contributed by atoms with Crippen LogP contribution in [0.15, 0.2) is 53.8 Å². The SMILES string of the molecule is C#C[C@@H]1CC[C@@H](c2ncc(C#Cc3ccc4cc(/C(N)=C/N=C5CC56CCCN6)ccc4c3)[nH]2)N1. The topological polar surface area (TPSA) is 91.1 Å². The van der Waals surface area contributed by atoms with E-state index in [0.717, 1.165) is 59.2 Å². The minimum atomic E-state index is 0.122. The van der Waals surface area contributed by atoms with Crippen LogP contribution in [0.25, 0.3) is 16.5 Å². The summed E-state index contributed by atoms with van der Waals surface area (Å²) in [5.74, 6) is 10.1. The van der Waals surface area contributed by atoms with Crippen LogP contribution >= 0.6 is 0 Å². The number of aliphatic imine (C=N–C) groups is 1. The molecule has 3 aromatic rings. The number of H-pyrrole nitrogens is 1. The summed E-state index contributed by atoms with van der Waals surface area (Å²) in [6.45, 7) is 1.09. The van der Waals surface area contributed by atoms with Crippen molar-refractivity contribution < 1.29 is 0 Å². The van der Waals surface area contributed by atoms with Gasteiger partial charge in [0.1, 0.15) is 11.5 Å². The second-order valence-electron chi connectivity index (χ2n) is 9.67. The van der Waals surface area contributed by atoms with Gasteiger partial charge in [-0.1, -0.05) is 30.0 Å². The summed E-state index contributed by atoms with van der Waals surface area (Å²) >= 11 is 0. The Balaban J connectivity index is 1.15. The van der Waals surface area contributed by atoms with Crippen molar-refractivity contribution in [1.29, 1.82) is 0 Å². The highest BCUT2D eigenvalue weighted by Gasteiger charge is 2.52. The van der Waals surface area contributed by atoms with Crippen LogP contribution in [0.5, 0.6) is 0 Å². The van der Waals surface area contributed by atoms with Crippen molar-refractivity contribution >= 4 is 22.2 Å². The molecule has 0 bridgehead atoms. The minimum Gasteiger partial charge on any atom is -0.397 e. The van der Waals surface area contributed by atoms with Gasteiger partial charge in [-0.15, -0.1) is 6.42 Å². The second-order valence-corrected chi connectivity index (χ2v) is 9.67. The first-order valence-electron chi connectivity index (χ1n) is 12.2. The average molecular weight is 461 g/mol. The fourth-order valence-electron chi connectivity index (χ4n) is 5.15. The van der Waals surface area contributed by atoms with E-state index in [0.29, 0.717) is 5.70 Å².